The number of rotatable bonds is 12. The second kappa shape index (κ2) is 15.1. The molecule has 3 aromatic carbocycles. The molecular weight excluding hydrogens is 731 g/mol. The number of ether oxygens (including phenoxy) is 2. The van der Waals surface area contributed by atoms with Crippen molar-refractivity contribution in [2.75, 3.05) is 24.8 Å². The summed E-state index contributed by atoms with van der Waals surface area (Å²) in [5.74, 6) is -0.442. The van der Waals surface area contributed by atoms with E-state index in [2.05, 4.69) is 38.5 Å². The number of para-hydroxylation sites is 3. The third-order valence-corrected chi connectivity index (χ3v) is 11.0. The summed E-state index contributed by atoms with van der Waals surface area (Å²) in [6.07, 6.45) is 5.74. The minimum atomic E-state index is -0.581. The molecule has 7 aromatic rings. The van der Waals surface area contributed by atoms with Crippen molar-refractivity contribution in [3.05, 3.63) is 149 Å². The number of carbonyl (C=O) groups is 2. The van der Waals surface area contributed by atoms with Crippen molar-refractivity contribution in [3.8, 4) is 5.69 Å². The van der Waals surface area contributed by atoms with Gasteiger partial charge in [0.2, 0.25) is 34.4 Å². The van der Waals surface area contributed by atoms with Crippen LogP contribution < -0.4 is 14.3 Å². The topological polar surface area (TPSA) is 98.0 Å². The van der Waals surface area contributed by atoms with E-state index in [9.17, 15) is 0 Å². The Morgan fingerprint density at radius 1 is 0.741 bits per heavy atom. The van der Waals surface area contributed by atoms with Crippen LogP contribution in [0.1, 0.15) is 76.9 Å². The molecule has 0 bridgehead atoms. The van der Waals surface area contributed by atoms with Crippen LogP contribution in [0.2, 0.25) is 0 Å². The van der Waals surface area contributed by atoms with Crippen LogP contribution in [0.15, 0.2) is 118 Å². The number of benzene rings is 3. The van der Waals surface area contributed by atoms with Crippen molar-refractivity contribution in [1.29, 1.82) is 0 Å². The van der Waals surface area contributed by atoms with Crippen LogP contribution in [0, 0.1) is 0 Å². The Morgan fingerprint density at radius 3 is 2.09 bits per heavy atom. The summed E-state index contributed by atoms with van der Waals surface area (Å²) < 4.78 is 31.5. The quantitative estimate of drug-likeness (QED) is 0.0905. The molecule has 2 aliphatic rings. The van der Waals surface area contributed by atoms with Gasteiger partial charge in [0.05, 0.1) is 34.5 Å². The molecule has 11 nitrogen and oxygen atoms in total. The standard InChI is InChI=1S/C47H45N5O6/c1-6-49-35(26-18-24-31-28-27-30-19-16-17-25-34(30)48(31)5)38-40-42(53)45-41(43(54)44(40)57-46(38)51(49)32-20-12-10-13-21-32)39-36(29-37(55-8-3)56-9-4)50(7-2)52(47(39)58-45)33-22-14-11-15-23-33/h10-28,37H,6-9,29H2,1-5H3/q+2. The van der Waals surface area contributed by atoms with Crippen LogP contribution in [0.5, 0.6) is 0 Å². The largest absolute Gasteiger partial charge is 0.433 e. The van der Waals surface area contributed by atoms with E-state index in [0.29, 0.717) is 55.3 Å². The first-order valence-electron chi connectivity index (χ1n) is 19.9. The highest BCUT2D eigenvalue weighted by atomic mass is 16.7. The molecule has 0 saturated carbocycles. The van der Waals surface area contributed by atoms with Crippen molar-refractivity contribution in [2.24, 2.45) is 7.05 Å². The Bertz CT molecular complexity index is 2770. The number of nitrogens with zero attached hydrogens (tertiary/aromatic N) is 5. The lowest BCUT2D eigenvalue weighted by Gasteiger charge is -2.30. The van der Waals surface area contributed by atoms with Crippen molar-refractivity contribution < 1.29 is 37.1 Å². The van der Waals surface area contributed by atoms with E-state index in [1.807, 2.05) is 135 Å². The second-order valence-electron chi connectivity index (χ2n) is 14.1. The van der Waals surface area contributed by atoms with Gasteiger partial charge < -0.3 is 18.3 Å². The molecule has 5 heterocycles. The summed E-state index contributed by atoms with van der Waals surface area (Å²) >= 11 is 0. The summed E-state index contributed by atoms with van der Waals surface area (Å²) in [5.41, 5.74) is 6.56. The van der Waals surface area contributed by atoms with E-state index < -0.39 is 17.9 Å². The fourth-order valence-corrected chi connectivity index (χ4v) is 8.46. The number of aromatic nitrogens is 3. The maximum atomic E-state index is 15.1. The number of fused-ring (bicyclic) bond motifs is 7. The van der Waals surface area contributed by atoms with Crippen LogP contribution in [0.25, 0.3) is 39.5 Å². The summed E-state index contributed by atoms with van der Waals surface area (Å²) in [4.78, 5) is 30.1. The van der Waals surface area contributed by atoms with Gasteiger partial charge in [-0.25, -0.2) is 5.01 Å². The average molecular weight is 776 g/mol. The fourth-order valence-electron chi connectivity index (χ4n) is 8.46. The Kier molecular flexibility index (Phi) is 9.63. The van der Waals surface area contributed by atoms with E-state index >= 15 is 9.59 Å². The highest BCUT2D eigenvalue weighted by Crippen LogP contribution is 2.51. The van der Waals surface area contributed by atoms with Crippen molar-refractivity contribution >= 4 is 56.9 Å². The molecule has 9 rings (SSSR count). The molecule has 0 atom stereocenters. The van der Waals surface area contributed by atoms with Gasteiger partial charge >= 0.3 is 0 Å². The minimum Gasteiger partial charge on any atom is -0.433 e. The van der Waals surface area contributed by atoms with E-state index in [1.54, 1.807) is 0 Å². The van der Waals surface area contributed by atoms with Crippen LogP contribution in [-0.2, 0) is 29.5 Å². The number of pyridine rings is 1. The third-order valence-electron chi connectivity index (χ3n) is 11.0. The number of hydrogen-bond donors (Lipinski definition) is 0. The summed E-state index contributed by atoms with van der Waals surface area (Å²) in [6.45, 7) is 9.91. The first kappa shape index (κ1) is 37.0. The zero-order valence-corrected chi connectivity index (χ0v) is 33.3. The Hall–Kier alpha value is -6.56. The van der Waals surface area contributed by atoms with E-state index in [0.717, 1.165) is 39.4 Å². The van der Waals surface area contributed by atoms with Gasteiger partial charge in [0, 0.05) is 43.4 Å². The van der Waals surface area contributed by atoms with Gasteiger partial charge in [0.1, 0.15) is 18.1 Å². The summed E-state index contributed by atoms with van der Waals surface area (Å²) in [6, 6.07) is 32.0. The first-order valence-corrected chi connectivity index (χ1v) is 19.9. The van der Waals surface area contributed by atoms with E-state index in [-0.39, 0.29) is 22.6 Å². The average Bonchev–Trinajstić information content (AvgIpc) is 3.99. The molecule has 0 radical (unpaired) electrons. The normalized spacial score (nSPS) is 14.6. The van der Waals surface area contributed by atoms with Gasteiger partial charge in [-0.1, -0.05) is 59.3 Å². The van der Waals surface area contributed by atoms with Gasteiger partial charge in [-0.3, -0.25) is 14.6 Å². The predicted molar refractivity (Wildman–Crippen MR) is 221 cm³/mol. The number of aryl methyl sites for hydroxylation is 1. The van der Waals surface area contributed by atoms with Gasteiger partial charge in [-0.15, -0.1) is 4.68 Å². The maximum absolute atomic E-state index is 15.1. The van der Waals surface area contributed by atoms with E-state index in [4.69, 9.17) is 18.3 Å². The number of carbonyl (C=O) groups excluding carboxylic acids is 2. The van der Waals surface area contributed by atoms with Crippen molar-refractivity contribution in [1.82, 2.24) is 9.69 Å². The maximum Gasteiger partial charge on any atom is 0.272 e. The second-order valence-corrected chi connectivity index (χ2v) is 14.1. The van der Waals surface area contributed by atoms with Crippen LogP contribution in [0.3, 0.4) is 0 Å². The molecule has 0 unspecified atom stereocenters. The predicted octanol–water partition coefficient (Wildman–Crippen LogP) is 8.26. The van der Waals surface area contributed by atoms with Crippen LogP contribution >= 0.6 is 0 Å². The molecule has 1 aliphatic carbocycles. The Labute approximate surface area is 336 Å². The molecule has 0 N–H and O–H groups in total. The number of ketones is 2. The Balaban J connectivity index is 1.23. The van der Waals surface area contributed by atoms with Crippen LogP contribution in [-0.4, -0.2) is 47.3 Å². The SMILES string of the molecule is CCOC(Cc1c2c3c(oc2n(-c2ccccc2)[n+]1CC)C(=O)c1c(oc2c1/C(=C/C=C/c1ccc4ccccc4[n+]1C)N(CC)N2c1ccccc1)C3=O)OCC. The van der Waals surface area contributed by atoms with Gasteiger partial charge in [-0.05, 0) is 70.2 Å². The van der Waals surface area contributed by atoms with Gasteiger partial charge in [0.15, 0.2) is 24.4 Å². The van der Waals surface area contributed by atoms with E-state index in [1.165, 1.54) is 0 Å². The monoisotopic (exact) mass is 775 g/mol. The highest BCUT2D eigenvalue weighted by Gasteiger charge is 2.49. The zero-order valence-electron chi connectivity index (χ0n) is 33.3. The fraction of sp³-hybridized carbons (Fsp3) is 0.234. The molecule has 0 amide bonds. The molecule has 0 saturated heterocycles. The molecule has 0 spiro atoms. The molecule has 58 heavy (non-hydrogen) atoms. The lowest BCUT2D eigenvalue weighted by Crippen LogP contribution is -2.46. The summed E-state index contributed by atoms with van der Waals surface area (Å²) in [5, 5.41) is 5.70. The van der Waals surface area contributed by atoms with Gasteiger partial charge in [0.25, 0.3) is 5.71 Å². The third kappa shape index (κ3) is 5.80. The number of furan rings is 2. The first-order chi connectivity index (χ1) is 28.4. The molecule has 11 heteroatoms. The number of anilines is 2. The number of hydrogen-bond acceptors (Lipinski definition) is 8. The molecule has 4 aromatic heterocycles. The van der Waals surface area contributed by atoms with Crippen molar-refractivity contribution in [2.45, 2.75) is 47.0 Å². The van der Waals surface area contributed by atoms with Gasteiger partial charge in [-0.2, -0.15) is 4.57 Å². The minimum absolute atomic E-state index is 0.00896. The number of hydrazine groups is 1. The van der Waals surface area contributed by atoms with Crippen molar-refractivity contribution in [3.63, 3.8) is 0 Å². The van der Waals surface area contributed by atoms with Crippen LogP contribution in [0.4, 0.5) is 11.6 Å². The smallest absolute Gasteiger partial charge is 0.272 e. The lowest BCUT2D eigenvalue weighted by molar-refractivity contribution is -0.768. The lowest BCUT2D eigenvalue weighted by atomic mass is 9.89. The Morgan fingerprint density at radius 2 is 1.40 bits per heavy atom. The summed E-state index contributed by atoms with van der Waals surface area (Å²) in [7, 11) is 2.04. The molecule has 0 fully saturated rings. The zero-order chi connectivity index (χ0) is 40.1. The number of allylic oxidation sites excluding steroid dienone is 2. The highest BCUT2D eigenvalue weighted by molar-refractivity contribution is 6.32. The molecule has 1 aliphatic heterocycles. The molecule has 292 valence electrons. The molecular formula is C47H45N5O6+2.